The fraction of sp³-hybridized carbons (Fsp3) is 0.800. The van der Waals surface area contributed by atoms with Crippen LogP contribution in [0.3, 0.4) is 0 Å². The third-order valence-electron chi connectivity index (χ3n) is 1.21. The van der Waals surface area contributed by atoms with Crippen LogP contribution in [-0.2, 0) is 9.53 Å². The van der Waals surface area contributed by atoms with Crippen molar-refractivity contribution in [3.8, 4) is 0 Å². The van der Waals surface area contributed by atoms with Crippen LogP contribution in [0.2, 0.25) is 0 Å². The van der Waals surface area contributed by atoms with Gasteiger partial charge in [-0.25, -0.2) is 0 Å². The van der Waals surface area contributed by atoms with Gasteiger partial charge in [0.2, 0.25) is 5.12 Å². The van der Waals surface area contributed by atoms with Crippen molar-refractivity contribution in [2.24, 2.45) is 0 Å². The molecule has 0 aromatic heterocycles. The molecule has 0 spiro atoms. The van der Waals surface area contributed by atoms with Gasteiger partial charge in [-0.2, -0.15) is 0 Å². The quantitative estimate of drug-likeness (QED) is 0.529. The van der Waals surface area contributed by atoms with E-state index >= 15 is 0 Å². The van der Waals surface area contributed by atoms with E-state index in [1.807, 2.05) is 0 Å². The van der Waals surface area contributed by atoms with Gasteiger partial charge in [0.1, 0.15) is 6.10 Å². The van der Waals surface area contributed by atoms with Gasteiger partial charge in [0.05, 0.1) is 0 Å². The Morgan fingerprint density at radius 2 is 2.50 bits per heavy atom. The van der Waals surface area contributed by atoms with Crippen molar-refractivity contribution < 1.29 is 9.53 Å². The van der Waals surface area contributed by atoms with Crippen LogP contribution in [0.5, 0.6) is 0 Å². The van der Waals surface area contributed by atoms with Crippen LogP contribution in [-0.4, -0.2) is 17.8 Å². The summed E-state index contributed by atoms with van der Waals surface area (Å²) in [5.74, 6) is 0. The summed E-state index contributed by atoms with van der Waals surface area (Å²) in [6.45, 7) is 0.719. The van der Waals surface area contributed by atoms with E-state index in [-0.39, 0.29) is 11.2 Å². The maximum atomic E-state index is 10.4. The maximum Gasteiger partial charge on any atom is 0.214 e. The molecule has 0 saturated carbocycles. The van der Waals surface area contributed by atoms with Crippen molar-refractivity contribution in [1.29, 1.82) is 0 Å². The van der Waals surface area contributed by atoms with E-state index in [4.69, 9.17) is 4.74 Å². The molecule has 1 rings (SSSR count). The summed E-state index contributed by atoms with van der Waals surface area (Å²) >= 11 is 3.63. The summed E-state index contributed by atoms with van der Waals surface area (Å²) in [5.41, 5.74) is 0. The van der Waals surface area contributed by atoms with Gasteiger partial charge in [0.25, 0.3) is 0 Å². The van der Waals surface area contributed by atoms with E-state index in [1.54, 1.807) is 0 Å². The predicted molar refractivity (Wildman–Crippen MR) is 33.0 cm³/mol. The van der Waals surface area contributed by atoms with E-state index in [0.29, 0.717) is 0 Å². The van der Waals surface area contributed by atoms with Crippen LogP contribution >= 0.6 is 12.6 Å². The number of ether oxygens (including phenoxy) is 1. The van der Waals surface area contributed by atoms with Crippen molar-refractivity contribution in [2.75, 3.05) is 6.61 Å². The molecule has 0 bridgehead atoms. The van der Waals surface area contributed by atoms with Crippen molar-refractivity contribution in [3.05, 3.63) is 0 Å². The smallest absolute Gasteiger partial charge is 0.214 e. The summed E-state index contributed by atoms with van der Waals surface area (Å²) in [7, 11) is 0. The lowest BCUT2D eigenvalue weighted by Gasteiger charge is -1.99. The summed E-state index contributed by atoms with van der Waals surface area (Å²) in [5, 5.41) is -0.137. The predicted octanol–water partition coefficient (Wildman–Crippen LogP) is 0.622. The molecule has 0 aromatic rings. The summed E-state index contributed by atoms with van der Waals surface area (Å²) in [6.07, 6.45) is 1.64. The topological polar surface area (TPSA) is 26.3 Å². The molecule has 1 atom stereocenters. The first kappa shape index (κ1) is 6.11. The molecular formula is C5H8O2S. The molecule has 1 saturated heterocycles. The first-order valence-electron chi connectivity index (χ1n) is 2.65. The number of thiol groups is 1. The highest BCUT2D eigenvalue weighted by atomic mass is 32.1. The lowest BCUT2D eigenvalue weighted by atomic mass is 10.3. The van der Waals surface area contributed by atoms with E-state index in [2.05, 4.69) is 12.6 Å². The van der Waals surface area contributed by atoms with E-state index in [0.717, 1.165) is 19.4 Å². The Labute approximate surface area is 53.6 Å². The van der Waals surface area contributed by atoms with Crippen molar-refractivity contribution in [3.63, 3.8) is 0 Å². The molecule has 0 amide bonds. The minimum Gasteiger partial charge on any atom is -0.369 e. The highest BCUT2D eigenvalue weighted by Crippen LogP contribution is 2.13. The van der Waals surface area contributed by atoms with E-state index < -0.39 is 0 Å². The second kappa shape index (κ2) is 2.51. The second-order valence-corrected chi connectivity index (χ2v) is 2.28. The van der Waals surface area contributed by atoms with Crippen molar-refractivity contribution in [1.82, 2.24) is 0 Å². The highest BCUT2D eigenvalue weighted by Gasteiger charge is 2.19. The van der Waals surface area contributed by atoms with E-state index in [1.165, 1.54) is 0 Å². The largest absolute Gasteiger partial charge is 0.369 e. The average molecular weight is 132 g/mol. The summed E-state index contributed by atoms with van der Waals surface area (Å²) in [6, 6.07) is 0. The van der Waals surface area contributed by atoms with Gasteiger partial charge < -0.3 is 4.74 Å². The van der Waals surface area contributed by atoms with Crippen molar-refractivity contribution in [2.45, 2.75) is 18.9 Å². The van der Waals surface area contributed by atoms with Crippen LogP contribution < -0.4 is 0 Å². The third kappa shape index (κ3) is 1.23. The second-order valence-electron chi connectivity index (χ2n) is 1.84. The molecule has 0 aromatic carbocycles. The fourth-order valence-corrected chi connectivity index (χ4v) is 0.976. The molecule has 0 radical (unpaired) electrons. The molecule has 1 heterocycles. The zero-order valence-electron chi connectivity index (χ0n) is 4.46. The van der Waals surface area contributed by atoms with Crippen LogP contribution in [0.4, 0.5) is 0 Å². The molecule has 3 heteroatoms. The van der Waals surface area contributed by atoms with Crippen molar-refractivity contribution >= 4 is 17.7 Å². The Morgan fingerprint density at radius 1 is 1.75 bits per heavy atom. The summed E-state index contributed by atoms with van der Waals surface area (Å²) in [4.78, 5) is 10.4. The number of carbonyl (C=O) groups is 1. The standard InChI is InChI=1S/C5H8O2S/c6-5(8)4-2-1-3-7-4/h4H,1-3H2,(H,6,8). The average Bonchev–Trinajstić information content (AvgIpc) is 2.12. The Bertz CT molecular complexity index is 96.6. The van der Waals surface area contributed by atoms with Gasteiger partial charge in [-0.15, -0.1) is 12.6 Å². The highest BCUT2D eigenvalue weighted by molar-refractivity contribution is 7.96. The van der Waals surface area contributed by atoms with Gasteiger partial charge >= 0.3 is 0 Å². The molecular weight excluding hydrogens is 124 g/mol. The number of hydrogen-bond acceptors (Lipinski definition) is 2. The number of carbonyl (C=O) groups excluding carboxylic acids is 1. The Hall–Kier alpha value is -0.0200. The lowest BCUT2D eigenvalue weighted by Crippen LogP contribution is -2.12. The zero-order valence-corrected chi connectivity index (χ0v) is 5.36. The molecule has 1 unspecified atom stereocenters. The van der Waals surface area contributed by atoms with Crippen LogP contribution in [0.25, 0.3) is 0 Å². The monoisotopic (exact) mass is 132 g/mol. The van der Waals surface area contributed by atoms with Crippen LogP contribution in [0.15, 0.2) is 0 Å². The Kier molecular flexibility index (Phi) is 1.91. The first-order valence-corrected chi connectivity index (χ1v) is 3.10. The molecule has 1 fully saturated rings. The number of rotatable bonds is 1. The minimum absolute atomic E-state index is 0.137. The first-order chi connectivity index (χ1) is 3.80. The third-order valence-corrected chi connectivity index (χ3v) is 1.49. The van der Waals surface area contributed by atoms with Gasteiger partial charge in [0, 0.05) is 6.61 Å². The summed E-state index contributed by atoms with van der Waals surface area (Å²) < 4.78 is 4.99. The zero-order chi connectivity index (χ0) is 5.98. The lowest BCUT2D eigenvalue weighted by molar-refractivity contribution is -0.118. The van der Waals surface area contributed by atoms with Crippen LogP contribution in [0, 0.1) is 0 Å². The minimum atomic E-state index is -0.210. The molecule has 46 valence electrons. The van der Waals surface area contributed by atoms with Gasteiger partial charge in [0.15, 0.2) is 0 Å². The van der Waals surface area contributed by atoms with Gasteiger partial charge in [-0.05, 0) is 12.8 Å². The molecule has 8 heavy (non-hydrogen) atoms. The maximum absolute atomic E-state index is 10.4. The SMILES string of the molecule is O=C(S)C1CCCO1. The Morgan fingerprint density at radius 3 is 2.75 bits per heavy atom. The molecule has 1 aliphatic heterocycles. The van der Waals surface area contributed by atoms with Crippen LogP contribution in [0.1, 0.15) is 12.8 Å². The molecule has 2 nitrogen and oxygen atoms in total. The van der Waals surface area contributed by atoms with Gasteiger partial charge in [-0.1, -0.05) is 0 Å². The van der Waals surface area contributed by atoms with Gasteiger partial charge in [-0.3, -0.25) is 4.79 Å². The normalized spacial score (nSPS) is 28.4. The Balaban J connectivity index is 2.35. The molecule has 0 N–H and O–H groups in total. The molecule has 1 aliphatic rings. The van der Waals surface area contributed by atoms with E-state index in [9.17, 15) is 4.79 Å². The number of hydrogen-bond donors (Lipinski definition) is 1. The fourth-order valence-electron chi connectivity index (χ4n) is 0.772. The molecule has 0 aliphatic carbocycles.